The molecule has 118 valence electrons. The molecule has 7 heteroatoms. The lowest BCUT2D eigenvalue weighted by Gasteiger charge is -2.15. The van der Waals surface area contributed by atoms with Gasteiger partial charge in [-0.3, -0.25) is 14.6 Å². The van der Waals surface area contributed by atoms with Crippen LogP contribution in [0.3, 0.4) is 0 Å². The molecule has 0 unspecified atom stereocenters. The lowest BCUT2D eigenvalue weighted by molar-refractivity contribution is 0.660. The largest absolute Gasteiger partial charge is 0.380 e. The van der Waals surface area contributed by atoms with E-state index in [2.05, 4.69) is 20.6 Å². The van der Waals surface area contributed by atoms with Crippen LogP contribution in [0.4, 0.5) is 11.4 Å². The number of nitrogens with one attached hydrogen (secondary N) is 2. The fourth-order valence-corrected chi connectivity index (χ4v) is 2.31. The normalized spacial score (nSPS) is 10.8. The Labute approximate surface area is 132 Å². The van der Waals surface area contributed by atoms with Crippen LogP contribution >= 0.6 is 0 Å². The van der Waals surface area contributed by atoms with E-state index in [4.69, 9.17) is 0 Å². The molecule has 0 radical (unpaired) electrons. The molecule has 0 bridgehead atoms. The van der Waals surface area contributed by atoms with E-state index in [1.165, 1.54) is 0 Å². The van der Waals surface area contributed by atoms with Crippen molar-refractivity contribution in [3.8, 4) is 0 Å². The van der Waals surface area contributed by atoms with Gasteiger partial charge in [-0.05, 0) is 24.1 Å². The molecule has 23 heavy (non-hydrogen) atoms. The fraction of sp³-hybridized carbons (Fsp3) is 0.250. The zero-order valence-corrected chi connectivity index (χ0v) is 12.5. The van der Waals surface area contributed by atoms with Gasteiger partial charge in [-0.2, -0.15) is 0 Å². The number of hydrogen-bond donors (Lipinski definition) is 2. The third kappa shape index (κ3) is 3.45. The Bertz CT molecular complexity index is 820. The number of aromatic nitrogens is 3. The Morgan fingerprint density at radius 1 is 0.957 bits per heavy atom. The van der Waals surface area contributed by atoms with Gasteiger partial charge in [-0.25, -0.2) is 4.98 Å². The van der Waals surface area contributed by atoms with E-state index in [-0.39, 0.29) is 0 Å². The molecule has 0 aliphatic heterocycles. The van der Waals surface area contributed by atoms with E-state index in [9.17, 15) is 9.59 Å². The molecule has 0 fully saturated rings. The molecule has 0 saturated carbocycles. The summed E-state index contributed by atoms with van der Waals surface area (Å²) in [5.41, 5.74) is 0.837. The third-order valence-corrected chi connectivity index (χ3v) is 3.58. The Balaban J connectivity index is 1.52. The minimum atomic E-state index is -0.462. The summed E-state index contributed by atoms with van der Waals surface area (Å²) in [5, 5.41) is 6.07. The van der Waals surface area contributed by atoms with Crippen molar-refractivity contribution in [1.82, 2.24) is 14.5 Å². The number of hydrogen-bond acceptors (Lipinski definition) is 6. The monoisotopic (exact) mass is 311 g/mol. The topological polar surface area (TPSA) is 88.9 Å². The van der Waals surface area contributed by atoms with E-state index in [1.54, 1.807) is 24.9 Å². The number of pyridine rings is 1. The van der Waals surface area contributed by atoms with Gasteiger partial charge in [0.15, 0.2) is 0 Å². The van der Waals surface area contributed by atoms with E-state index < -0.39 is 10.9 Å². The molecule has 2 heterocycles. The zero-order chi connectivity index (χ0) is 16.1. The van der Waals surface area contributed by atoms with Crippen molar-refractivity contribution in [2.24, 2.45) is 0 Å². The summed E-state index contributed by atoms with van der Waals surface area (Å²) in [5.74, 6) is 0. The average Bonchev–Trinajstić information content (AvgIpc) is 3.10. The second kappa shape index (κ2) is 6.87. The van der Waals surface area contributed by atoms with Crippen molar-refractivity contribution in [2.45, 2.75) is 19.5 Å². The van der Waals surface area contributed by atoms with Crippen LogP contribution in [0.15, 0.2) is 52.8 Å². The summed E-state index contributed by atoms with van der Waals surface area (Å²) in [6.07, 6.45) is 9.57. The van der Waals surface area contributed by atoms with Crippen molar-refractivity contribution in [3.63, 3.8) is 0 Å². The maximum absolute atomic E-state index is 11.7. The minimum Gasteiger partial charge on any atom is -0.380 e. The first-order chi connectivity index (χ1) is 11.3. The van der Waals surface area contributed by atoms with Crippen LogP contribution in [0.1, 0.15) is 12.0 Å². The maximum atomic E-state index is 11.7. The van der Waals surface area contributed by atoms with Gasteiger partial charge in [0.25, 0.3) is 10.9 Å². The Morgan fingerprint density at radius 3 is 2.39 bits per heavy atom. The molecule has 2 N–H and O–H groups in total. The Hall–Kier alpha value is -2.96. The molecule has 3 rings (SSSR count). The molecule has 0 atom stereocenters. The Morgan fingerprint density at radius 2 is 1.70 bits per heavy atom. The summed E-state index contributed by atoms with van der Waals surface area (Å²) < 4.78 is 1.96. The lowest BCUT2D eigenvalue weighted by Crippen LogP contribution is -2.37. The molecule has 1 aromatic carbocycles. The molecule has 0 aliphatic carbocycles. The van der Waals surface area contributed by atoms with Crippen LogP contribution in [-0.4, -0.2) is 21.1 Å². The number of imidazole rings is 1. The molecule has 0 aliphatic rings. The van der Waals surface area contributed by atoms with Crippen LogP contribution < -0.4 is 21.5 Å². The van der Waals surface area contributed by atoms with Gasteiger partial charge in [0.05, 0.1) is 6.33 Å². The van der Waals surface area contributed by atoms with Crippen molar-refractivity contribution in [2.75, 3.05) is 17.2 Å². The van der Waals surface area contributed by atoms with E-state index in [0.29, 0.717) is 24.5 Å². The summed E-state index contributed by atoms with van der Waals surface area (Å²) >= 11 is 0. The maximum Gasteiger partial charge on any atom is 0.253 e. The van der Waals surface area contributed by atoms with Crippen LogP contribution in [0.2, 0.25) is 0 Å². The van der Waals surface area contributed by atoms with Gasteiger partial charge in [0.1, 0.15) is 11.4 Å². The Kier molecular flexibility index (Phi) is 4.46. The predicted molar refractivity (Wildman–Crippen MR) is 88.3 cm³/mol. The number of nitrogens with zero attached hydrogens (tertiary/aromatic N) is 3. The van der Waals surface area contributed by atoms with Crippen molar-refractivity contribution >= 4 is 11.4 Å². The SMILES string of the molecule is O=c1c(NCCCn2ccnc2)c(NCc2ccncc2)c1=O. The number of aryl methyl sites for hydroxylation is 1. The smallest absolute Gasteiger partial charge is 0.253 e. The second-order valence-electron chi connectivity index (χ2n) is 5.20. The average molecular weight is 311 g/mol. The second-order valence-corrected chi connectivity index (χ2v) is 5.20. The van der Waals surface area contributed by atoms with E-state index >= 15 is 0 Å². The van der Waals surface area contributed by atoms with E-state index in [1.807, 2.05) is 22.9 Å². The van der Waals surface area contributed by atoms with Crippen LogP contribution in [0, 0.1) is 0 Å². The highest BCUT2D eigenvalue weighted by Gasteiger charge is 2.19. The highest BCUT2D eigenvalue weighted by molar-refractivity contribution is 5.73. The summed E-state index contributed by atoms with van der Waals surface area (Å²) in [6.45, 7) is 1.91. The number of anilines is 2. The van der Waals surface area contributed by atoms with Crippen molar-refractivity contribution in [1.29, 1.82) is 0 Å². The predicted octanol–water partition coefficient (Wildman–Crippen LogP) is 0.988. The lowest BCUT2D eigenvalue weighted by atomic mass is 10.1. The van der Waals surface area contributed by atoms with Crippen LogP contribution in [-0.2, 0) is 13.1 Å². The van der Waals surface area contributed by atoms with Crippen molar-refractivity contribution < 1.29 is 0 Å². The molecule has 0 saturated heterocycles. The van der Waals surface area contributed by atoms with Gasteiger partial charge >= 0.3 is 0 Å². The van der Waals surface area contributed by atoms with Gasteiger partial charge in [0.2, 0.25) is 0 Å². The highest BCUT2D eigenvalue weighted by Crippen LogP contribution is 2.15. The molecule has 7 nitrogen and oxygen atoms in total. The first-order valence-corrected chi connectivity index (χ1v) is 7.41. The van der Waals surface area contributed by atoms with Gasteiger partial charge < -0.3 is 15.2 Å². The minimum absolute atomic E-state index is 0.370. The molecule has 3 aromatic rings. The summed E-state index contributed by atoms with van der Waals surface area (Å²) in [7, 11) is 0. The molecular weight excluding hydrogens is 294 g/mol. The van der Waals surface area contributed by atoms with Crippen LogP contribution in [0.25, 0.3) is 0 Å². The molecule has 2 aromatic heterocycles. The summed E-state index contributed by atoms with van der Waals surface area (Å²) in [4.78, 5) is 31.3. The quantitative estimate of drug-likeness (QED) is 0.476. The first kappa shape index (κ1) is 15.0. The van der Waals surface area contributed by atoms with Gasteiger partial charge in [0, 0.05) is 44.4 Å². The molecular formula is C16H17N5O2. The van der Waals surface area contributed by atoms with E-state index in [0.717, 1.165) is 18.5 Å². The molecule has 0 amide bonds. The standard InChI is InChI=1S/C16H17N5O2/c22-15-13(19-4-1-8-21-9-7-18-11-21)14(16(15)23)20-10-12-2-5-17-6-3-12/h2-3,5-7,9,11,19-20H,1,4,8,10H2. The first-order valence-electron chi connectivity index (χ1n) is 7.41. The van der Waals surface area contributed by atoms with Crippen molar-refractivity contribution in [3.05, 3.63) is 69.3 Å². The van der Waals surface area contributed by atoms with Gasteiger partial charge in [-0.1, -0.05) is 0 Å². The summed E-state index contributed by atoms with van der Waals surface area (Å²) in [6, 6.07) is 3.72. The molecule has 0 spiro atoms. The van der Waals surface area contributed by atoms with Crippen LogP contribution in [0.5, 0.6) is 0 Å². The number of rotatable bonds is 8. The fourth-order valence-electron chi connectivity index (χ4n) is 2.31. The highest BCUT2D eigenvalue weighted by atomic mass is 16.2. The van der Waals surface area contributed by atoms with Gasteiger partial charge in [-0.15, -0.1) is 0 Å². The zero-order valence-electron chi connectivity index (χ0n) is 12.5. The third-order valence-electron chi connectivity index (χ3n) is 3.58.